The lowest BCUT2D eigenvalue weighted by atomic mass is 9.98. The van der Waals surface area contributed by atoms with E-state index < -0.39 is 30.8 Å². The summed E-state index contributed by atoms with van der Waals surface area (Å²) in [7, 11) is 0. The Morgan fingerprint density at radius 3 is 1.30 bits per heavy atom. The monoisotopic (exact) mass is 542 g/mol. The van der Waals surface area contributed by atoms with Gasteiger partial charge in [0.1, 0.15) is 24.4 Å². The van der Waals surface area contributed by atoms with Crippen LogP contribution in [0.2, 0.25) is 0 Å². The Morgan fingerprint density at radius 1 is 0.475 bits per heavy atom. The summed E-state index contributed by atoms with van der Waals surface area (Å²) in [5.41, 5.74) is 3.94. The summed E-state index contributed by atoms with van der Waals surface area (Å²) in [6, 6.07) is 39.2. The van der Waals surface area contributed by atoms with Crippen LogP contribution in [0.1, 0.15) is 22.3 Å². The fourth-order valence-electron chi connectivity index (χ4n) is 4.73. The first-order valence-electron chi connectivity index (χ1n) is 13.6. The van der Waals surface area contributed by atoms with Crippen molar-refractivity contribution in [3.8, 4) is 0 Å². The third kappa shape index (κ3) is 8.07. The van der Waals surface area contributed by atoms with Gasteiger partial charge in [-0.3, -0.25) is 0 Å². The third-order valence-corrected chi connectivity index (χ3v) is 6.83. The number of rotatable bonds is 13. The molecule has 0 radical (unpaired) electrons. The molecule has 6 heteroatoms. The normalized spacial score (nSPS) is 22.7. The molecule has 0 unspecified atom stereocenters. The molecule has 0 N–H and O–H groups in total. The minimum Gasteiger partial charge on any atom is -0.374 e. The second kappa shape index (κ2) is 14.8. The molecule has 1 saturated heterocycles. The van der Waals surface area contributed by atoms with E-state index in [0.29, 0.717) is 13.2 Å². The van der Waals surface area contributed by atoms with Crippen molar-refractivity contribution in [2.45, 2.75) is 57.2 Å². The summed E-state index contributed by atoms with van der Waals surface area (Å²) in [6.07, 6.45) is -4.77. The van der Waals surface area contributed by atoms with E-state index in [9.17, 15) is 0 Å². The molecule has 1 fully saturated rings. The molecule has 0 spiro atoms. The lowest BCUT2D eigenvalue weighted by Gasteiger charge is -2.43. The highest BCUT2D eigenvalue weighted by Crippen LogP contribution is 2.31. The maximum Gasteiger partial charge on any atom is 0.228 e. The summed E-state index contributed by atoms with van der Waals surface area (Å²) in [4.78, 5) is 0. The molecule has 5 nitrogen and oxygen atoms in total. The molecule has 1 heterocycles. The van der Waals surface area contributed by atoms with Crippen LogP contribution >= 0.6 is 0 Å². The van der Waals surface area contributed by atoms with Crippen LogP contribution in [0.5, 0.6) is 0 Å². The Hall–Kier alpha value is -3.39. The molecule has 0 amide bonds. The molecule has 5 atom stereocenters. The molecule has 40 heavy (non-hydrogen) atoms. The molecular formula is C34H35FO5. The van der Waals surface area contributed by atoms with Gasteiger partial charge >= 0.3 is 0 Å². The van der Waals surface area contributed by atoms with E-state index in [4.69, 9.17) is 23.7 Å². The Kier molecular flexibility index (Phi) is 10.4. The topological polar surface area (TPSA) is 46.2 Å². The van der Waals surface area contributed by atoms with E-state index in [-0.39, 0.29) is 19.8 Å². The van der Waals surface area contributed by atoms with Gasteiger partial charge in [-0.1, -0.05) is 121 Å². The molecule has 5 rings (SSSR count). The van der Waals surface area contributed by atoms with E-state index >= 15 is 4.39 Å². The minimum absolute atomic E-state index is 0.144. The largest absolute Gasteiger partial charge is 0.374 e. The molecule has 0 saturated carbocycles. The van der Waals surface area contributed by atoms with Crippen molar-refractivity contribution < 1.29 is 28.1 Å². The number of hydrogen-bond acceptors (Lipinski definition) is 5. The van der Waals surface area contributed by atoms with E-state index in [2.05, 4.69) is 0 Å². The van der Waals surface area contributed by atoms with Gasteiger partial charge in [0.05, 0.1) is 33.0 Å². The summed E-state index contributed by atoms with van der Waals surface area (Å²) in [5.74, 6) is 0. The lowest BCUT2D eigenvalue weighted by molar-refractivity contribution is -0.298. The first-order valence-corrected chi connectivity index (χ1v) is 13.6. The van der Waals surface area contributed by atoms with Crippen molar-refractivity contribution in [3.63, 3.8) is 0 Å². The molecule has 4 aromatic rings. The standard InChI is InChI=1S/C34H35FO5/c35-34-33(39-24-29-19-11-4-12-20-29)32(38-23-28-17-9-3-10-18-28)31(37-22-27-15-7-2-8-16-27)30(40-34)25-36-21-26-13-5-1-6-14-26/h1-20,30-34H,21-25H2/t30-,31+,32-,33-,34-/m0/s1. The highest BCUT2D eigenvalue weighted by Gasteiger charge is 2.48. The third-order valence-electron chi connectivity index (χ3n) is 6.83. The highest BCUT2D eigenvalue weighted by molar-refractivity contribution is 5.16. The van der Waals surface area contributed by atoms with Crippen LogP contribution < -0.4 is 0 Å². The fourth-order valence-corrected chi connectivity index (χ4v) is 4.73. The molecule has 1 aliphatic heterocycles. The van der Waals surface area contributed by atoms with Crippen LogP contribution in [0.25, 0.3) is 0 Å². The Bertz CT molecular complexity index is 1240. The number of hydrogen-bond donors (Lipinski definition) is 0. The van der Waals surface area contributed by atoms with Gasteiger partial charge in [-0.15, -0.1) is 0 Å². The first-order chi connectivity index (χ1) is 19.8. The average molecular weight is 543 g/mol. The Labute approximate surface area is 235 Å². The number of ether oxygens (including phenoxy) is 5. The van der Waals surface area contributed by atoms with Crippen LogP contribution in [0, 0.1) is 0 Å². The van der Waals surface area contributed by atoms with Gasteiger partial charge in [0, 0.05) is 0 Å². The van der Waals surface area contributed by atoms with Crippen molar-refractivity contribution >= 4 is 0 Å². The smallest absolute Gasteiger partial charge is 0.228 e. The second-order valence-electron chi connectivity index (χ2n) is 9.81. The van der Waals surface area contributed by atoms with Gasteiger partial charge in [-0.2, -0.15) is 0 Å². The van der Waals surface area contributed by atoms with Crippen molar-refractivity contribution in [2.24, 2.45) is 0 Å². The van der Waals surface area contributed by atoms with E-state index in [1.807, 2.05) is 121 Å². The maximum absolute atomic E-state index is 15.7. The Balaban J connectivity index is 1.36. The molecule has 0 bridgehead atoms. The van der Waals surface area contributed by atoms with Gasteiger partial charge in [0.2, 0.25) is 6.36 Å². The zero-order valence-electron chi connectivity index (χ0n) is 22.4. The van der Waals surface area contributed by atoms with Crippen LogP contribution in [0.3, 0.4) is 0 Å². The van der Waals surface area contributed by atoms with Crippen molar-refractivity contribution in [2.75, 3.05) is 6.61 Å². The molecule has 4 aromatic carbocycles. The van der Waals surface area contributed by atoms with Gasteiger partial charge < -0.3 is 23.7 Å². The summed E-state index contributed by atoms with van der Waals surface area (Å²) in [6.45, 7) is 1.35. The molecule has 0 aliphatic carbocycles. The molecular weight excluding hydrogens is 507 g/mol. The lowest BCUT2D eigenvalue weighted by Crippen LogP contribution is -2.60. The summed E-state index contributed by atoms with van der Waals surface area (Å²) < 4.78 is 46.6. The predicted molar refractivity (Wildman–Crippen MR) is 151 cm³/mol. The van der Waals surface area contributed by atoms with Crippen LogP contribution in [0.15, 0.2) is 121 Å². The van der Waals surface area contributed by atoms with Crippen molar-refractivity contribution in [1.82, 2.24) is 0 Å². The van der Waals surface area contributed by atoms with Crippen LogP contribution in [0.4, 0.5) is 4.39 Å². The van der Waals surface area contributed by atoms with Gasteiger partial charge in [-0.25, -0.2) is 4.39 Å². The molecule has 1 aliphatic rings. The predicted octanol–water partition coefficient (Wildman–Crippen LogP) is 6.65. The van der Waals surface area contributed by atoms with Crippen molar-refractivity contribution in [3.05, 3.63) is 144 Å². The second-order valence-corrected chi connectivity index (χ2v) is 9.81. The summed E-state index contributed by atoms with van der Waals surface area (Å²) in [5, 5.41) is 0. The first kappa shape index (κ1) is 28.1. The van der Waals surface area contributed by atoms with E-state index in [1.165, 1.54) is 0 Å². The number of halogens is 1. The highest BCUT2D eigenvalue weighted by atomic mass is 19.1. The SMILES string of the molecule is F[C@H]1O[C@@H](COCc2ccccc2)[C@@H](OCc2ccccc2)[C@H](OCc2ccccc2)[C@@H]1OCc1ccccc1. The van der Waals surface area contributed by atoms with Crippen LogP contribution in [-0.4, -0.2) is 37.4 Å². The number of benzene rings is 4. The van der Waals surface area contributed by atoms with Crippen LogP contribution in [-0.2, 0) is 50.1 Å². The molecule has 0 aromatic heterocycles. The minimum atomic E-state index is -1.72. The maximum atomic E-state index is 15.7. The van der Waals surface area contributed by atoms with Gasteiger partial charge in [-0.05, 0) is 22.3 Å². The zero-order valence-corrected chi connectivity index (χ0v) is 22.4. The van der Waals surface area contributed by atoms with E-state index in [1.54, 1.807) is 0 Å². The summed E-state index contributed by atoms with van der Waals surface area (Å²) >= 11 is 0. The average Bonchev–Trinajstić information content (AvgIpc) is 3.01. The van der Waals surface area contributed by atoms with Crippen molar-refractivity contribution in [1.29, 1.82) is 0 Å². The Morgan fingerprint density at radius 2 is 0.850 bits per heavy atom. The number of alkyl halides is 1. The van der Waals surface area contributed by atoms with Gasteiger partial charge in [0.25, 0.3) is 0 Å². The zero-order chi connectivity index (χ0) is 27.4. The molecule has 208 valence electrons. The van der Waals surface area contributed by atoms with Gasteiger partial charge in [0.15, 0.2) is 0 Å². The van der Waals surface area contributed by atoms with E-state index in [0.717, 1.165) is 22.3 Å². The fraction of sp³-hybridized carbons (Fsp3) is 0.294. The quantitative estimate of drug-likeness (QED) is 0.189.